The van der Waals surface area contributed by atoms with Crippen molar-refractivity contribution in [1.29, 1.82) is 0 Å². The van der Waals surface area contributed by atoms with Crippen LogP contribution in [0.3, 0.4) is 0 Å². The Morgan fingerprint density at radius 3 is 2.33 bits per heavy atom. The van der Waals surface area contributed by atoms with Crippen LogP contribution in [0.1, 0.15) is 0 Å². The van der Waals surface area contributed by atoms with Crippen molar-refractivity contribution < 1.29 is 4.74 Å². The molecule has 0 aliphatic rings. The summed E-state index contributed by atoms with van der Waals surface area (Å²) in [5.41, 5.74) is 0. The molecule has 0 amide bonds. The summed E-state index contributed by atoms with van der Waals surface area (Å²) in [6.45, 7) is 0. The van der Waals surface area contributed by atoms with Gasteiger partial charge < -0.3 is 4.74 Å². The lowest BCUT2D eigenvalue weighted by Gasteiger charge is -2.03. The molecule has 0 rings (SSSR count). The topological polar surface area (TPSA) is 9.23 Å². The maximum absolute atomic E-state index is 4.77. The van der Waals surface area contributed by atoms with Crippen LogP contribution in [0.5, 0.6) is 0 Å². The largest absolute Gasteiger partial charge is 0.376 e. The van der Waals surface area contributed by atoms with Crippen molar-refractivity contribution in [3.63, 3.8) is 0 Å². The summed E-state index contributed by atoms with van der Waals surface area (Å²) >= 11 is 0. The molecule has 6 heavy (non-hydrogen) atoms. The van der Waals surface area contributed by atoms with Gasteiger partial charge in [0.1, 0.15) is 0 Å². The number of ether oxygens (including phenoxy) is 1. The minimum Gasteiger partial charge on any atom is -0.376 e. The van der Waals surface area contributed by atoms with Gasteiger partial charge in [0.25, 0.3) is 0 Å². The van der Waals surface area contributed by atoms with Gasteiger partial charge in [0.2, 0.25) is 0 Å². The molecule has 0 aromatic carbocycles. The number of hydrogen-bond acceptors (Lipinski definition) is 1. The van der Waals surface area contributed by atoms with Gasteiger partial charge in [-0.15, -0.1) is 0 Å². The Labute approximate surface area is 42.0 Å². The molecule has 0 spiro atoms. The third kappa shape index (κ3) is 4.31. The maximum atomic E-state index is 4.77. The Balaban J connectivity index is 2.63. The number of rotatable bonds is 2. The first kappa shape index (κ1) is 6.31. The van der Waals surface area contributed by atoms with Gasteiger partial charge in [0.15, 0.2) is 0 Å². The predicted molar refractivity (Wildman–Crippen MR) is 32.1 cm³/mol. The van der Waals surface area contributed by atoms with Crippen LogP contribution in [0.4, 0.5) is 0 Å². The molecule has 0 N–H and O–H groups in total. The normalized spacial score (nSPS) is 11.5. The first-order valence-electron chi connectivity index (χ1n) is 1.78. The second-order valence-electron chi connectivity index (χ2n) is 1.27. The number of thiol groups is 1. The second-order valence-corrected chi connectivity index (χ2v) is 3.24. The van der Waals surface area contributed by atoms with Crippen LogP contribution >= 0.6 is 10.9 Å². The fraction of sp³-hybridized carbons (Fsp3) is 0.750. The highest BCUT2D eigenvalue weighted by molar-refractivity contribution is 8.17. The molecule has 1 unspecified atom stereocenters. The lowest BCUT2D eigenvalue weighted by Crippen LogP contribution is -1.83. The van der Waals surface area contributed by atoms with Crippen molar-refractivity contribution in [2.75, 3.05) is 19.3 Å². The van der Waals surface area contributed by atoms with E-state index in [1.807, 2.05) is 0 Å². The first-order chi connectivity index (χ1) is 2.77. The zero-order valence-corrected chi connectivity index (χ0v) is 5.16. The summed E-state index contributed by atoms with van der Waals surface area (Å²) in [5.74, 6) is 0.829. The van der Waals surface area contributed by atoms with Crippen LogP contribution < -0.4 is 0 Å². The van der Waals surface area contributed by atoms with Crippen molar-refractivity contribution in [2.24, 2.45) is 0 Å². The van der Waals surface area contributed by atoms with Crippen LogP contribution in [0.2, 0.25) is 0 Å². The van der Waals surface area contributed by atoms with Crippen LogP contribution in [0.15, 0.2) is 0 Å². The lowest BCUT2D eigenvalue weighted by atomic mass is 11.5. The Kier molecular flexibility index (Phi) is 3.68. The standard InChI is InChI=1S/C4H11OS/c1-5-4-6(2)3/h6H,2,4H2,1,3H3. The zero-order valence-electron chi connectivity index (χ0n) is 4.27. The lowest BCUT2D eigenvalue weighted by molar-refractivity contribution is 0.258. The predicted octanol–water partition coefficient (Wildman–Crippen LogP) is 1.01. The first-order valence-corrected chi connectivity index (χ1v) is 3.94. The molecule has 0 aliphatic heterocycles. The van der Waals surface area contributed by atoms with Crippen molar-refractivity contribution in [2.45, 2.75) is 0 Å². The molecule has 0 aromatic rings. The Bertz CT molecular complexity index is 28.7. The van der Waals surface area contributed by atoms with E-state index in [4.69, 9.17) is 4.74 Å². The summed E-state index contributed by atoms with van der Waals surface area (Å²) in [7, 11) is 1.63. The molecular weight excluding hydrogens is 96.1 g/mol. The van der Waals surface area contributed by atoms with E-state index in [0.717, 1.165) is 5.94 Å². The fourth-order valence-corrected chi connectivity index (χ4v) is 0.661. The summed E-state index contributed by atoms with van der Waals surface area (Å²) in [6, 6.07) is 0. The van der Waals surface area contributed by atoms with Gasteiger partial charge in [-0.25, -0.2) is 10.9 Å². The average Bonchev–Trinajstić information content (AvgIpc) is 1.35. The number of methoxy groups -OCH3 is 1. The molecule has 1 nitrogen and oxygen atoms in total. The van der Waals surface area contributed by atoms with E-state index in [-0.39, 0.29) is 10.9 Å². The summed E-state index contributed by atoms with van der Waals surface area (Å²) in [4.78, 5) is 0. The van der Waals surface area contributed by atoms with Crippen molar-refractivity contribution >= 4 is 10.9 Å². The van der Waals surface area contributed by atoms with Crippen LogP contribution in [-0.2, 0) is 4.74 Å². The number of hydrogen-bond donors (Lipinski definition) is 1. The van der Waals surface area contributed by atoms with Gasteiger partial charge in [-0.05, 0) is 12.5 Å². The van der Waals surface area contributed by atoms with Gasteiger partial charge in [-0.1, -0.05) is 0 Å². The molecule has 0 fully saturated rings. The molecule has 0 aliphatic carbocycles. The zero-order chi connectivity index (χ0) is 4.99. The van der Waals surface area contributed by atoms with Gasteiger partial charge in [0, 0.05) is 7.11 Å². The third-order valence-corrected chi connectivity index (χ3v) is 1.05. The SMILES string of the molecule is [CH2][SH](C)COC. The highest BCUT2D eigenvalue weighted by atomic mass is 32.2. The van der Waals surface area contributed by atoms with Gasteiger partial charge in [-0.2, -0.15) is 0 Å². The molecule has 0 saturated heterocycles. The van der Waals surface area contributed by atoms with Gasteiger partial charge in [0.05, 0.1) is 5.94 Å². The highest BCUT2D eigenvalue weighted by Gasteiger charge is 1.79. The summed E-state index contributed by atoms with van der Waals surface area (Å²) in [5, 5.41) is 0. The summed E-state index contributed by atoms with van der Waals surface area (Å²) in [6.07, 6.45) is 5.85. The van der Waals surface area contributed by atoms with E-state index in [2.05, 4.69) is 12.5 Å². The minimum atomic E-state index is -0.0728. The Morgan fingerprint density at radius 2 is 2.33 bits per heavy atom. The maximum Gasteiger partial charge on any atom is 0.0741 e. The van der Waals surface area contributed by atoms with E-state index < -0.39 is 0 Å². The van der Waals surface area contributed by atoms with E-state index in [1.54, 1.807) is 7.11 Å². The fourth-order valence-electron chi connectivity index (χ4n) is 0.220. The molecule has 0 saturated carbocycles. The molecular formula is C4H11OS. The third-order valence-electron chi connectivity index (χ3n) is 0.349. The summed E-state index contributed by atoms with van der Waals surface area (Å²) < 4.78 is 4.77. The van der Waals surface area contributed by atoms with E-state index in [0.29, 0.717) is 0 Å². The van der Waals surface area contributed by atoms with Crippen LogP contribution in [-0.4, -0.2) is 19.3 Å². The van der Waals surface area contributed by atoms with E-state index >= 15 is 0 Å². The molecule has 1 atom stereocenters. The molecule has 39 valence electrons. The molecule has 1 radical (unpaired) electrons. The van der Waals surface area contributed by atoms with E-state index in [9.17, 15) is 0 Å². The smallest absolute Gasteiger partial charge is 0.0741 e. The van der Waals surface area contributed by atoms with Crippen molar-refractivity contribution in [3.8, 4) is 0 Å². The molecule has 0 heterocycles. The van der Waals surface area contributed by atoms with E-state index in [1.165, 1.54) is 0 Å². The average molecular weight is 107 g/mol. The Hall–Kier alpha value is 0.310. The van der Waals surface area contributed by atoms with Crippen LogP contribution in [0, 0.1) is 6.26 Å². The van der Waals surface area contributed by atoms with Crippen molar-refractivity contribution in [3.05, 3.63) is 6.26 Å². The Morgan fingerprint density at radius 1 is 1.83 bits per heavy atom. The highest BCUT2D eigenvalue weighted by Crippen LogP contribution is 2.13. The van der Waals surface area contributed by atoms with Gasteiger partial charge in [-0.3, -0.25) is 0 Å². The van der Waals surface area contributed by atoms with Gasteiger partial charge >= 0.3 is 0 Å². The second kappa shape index (κ2) is 3.50. The molecule has 0 bridgehead atoms. The quantitative estimate of drug-likeness (QED) is 0.518. The van der Waals surface area contributed by atoms with Crippen LogP contribution in [0.25, 0.3) is 0 Å². The van der Waals surface area contributed by atoms with Crippen molar-refractivity contribution in [1.82, 2.24) is 0 Å². The molecule has 2 heteroatoms. The minimum absolute atomic E-state index is 0.0728. The molecule has 0 aromatic heterocycles. The monoisotopic (exact) mass is 107 g/mol.